The number of benzene rings is 1. The fourth-order valence-electron chi connectivity index (χ4n) is 2.97. The molecule has 3 rings (SSSR count). The van der Waals surface area contributed by atoms with E-state index in [2.05, 4.69) is 30.8 Å². The maximum Gasteiger partial charge on any atom is 0.319 e. The summed E-state index contributed by atoms with van der Waals surface area (Å²) in [5, 5.41) is 8.75. The third-order valence-corrected chi connectivity index (χ3v) is 4.29. The van der Waals surface area contributed by atoms with Gasteiger partial charge in [0.1, 0.15) is 11.6 Å². The van der Waals surface area contributed by atoms with Crippen molar-refractivity contribution in [2.24, 2.45) is 0 Å². The van der Waals surface area contributed by atoms with Crippen molar-refractivity contribution >= 4 is 23.5 Å². The summed E-state index contributed by atoms with van der Waals surface area (Å²) in [4.78, 5) is 23.3. The third-order valence-electron chi connectivity index (χ3n) is 4.29. The van der Waals surface area contributed by atoms with Crippen molar-refractivity contribution in [1.82, 2.24) is 15.3 Å². The highest BCUT2D eigenvalue weighted by Gasteiger charge is 2.15. The molecule has 8 heteroatoms. The third kappa shape index (κ3) is 5.47. The van der Waals surface area contributed by atoms with Crippen LogP contribution in [0.3, 0.4) is 0 Å². The highest BCUT2D eigenvalue weighted by Crippen LogP contribution is 2.19. The number of carbonyl (C=O) groups is 1. The minimum atomic E-state index is -0.270. The van der Waals surface area contributed by atoms with Gasteiger partial charge in [0, 0.05) is 49.7 Å². The first-order valence-corrected chi connectivity index (χ1v) is 9.17. The Kier molecular flexibility index (Phi) is 6.30. The summed E-state index contributed by atoms with van der Waals surface area (Å²) < 4.78 is 5.14. The number of hydrogen-bond donors (Lipinski definition) is 3. The normalized spacial score (nSPS) is 13.3. The highest BCUT2D eigenvalue weighted by atomic mass is 16.5. The molecule has 144 valence electrons. The lowest BCUT2D eigenvalue weighted by atomic mass is 10.3. The lowest BCUT2D eigenvalue weighted by molar-refractivity contribution is 0.252. The zero-order valence-corrected chi connectivity index (χ0v) is 15.8. The van der Waals surface area contributed by atoms with Gasteiger partial charge >= 0.3 is 6.03 Å². The number of carbonyl (C=O) groups excluding carboxylic acids is 1. The SMILES string of the molecule is COc1cccc(NC(=O)NCCNc2nc(C)cc(N3CCCC3)n2)c1. The van der Waals surface area contributed by atoms with Gasteiger partial charge in [0.15, 0.2) is 0 Å². The monoisotopic (exact) mass is 370 g/mol. The quantitative estimate of drug-likeness (QED) is 0.649. The van der Waals surface area contributed by atoms with E-state index < -0.39 is 0 Å². The van der Waals surface area contributed by atoms with Crippen molar-refractivity contribution in [3.8, 4) is 5.75 Å². The molecule has 1 aliphatic heterocycles. The molecule has 0 saturated carbocycles. The number of amides is 2. The molecule has 0 unspecified atom stereocenters. The molecule has 2 amide bonds. The van der Waals surface area contributed by atoms with Crippen molar-refractivity contribution in [2.45, 2.75) is 19.8 Å². The molecule has 0 atom stereocenters. The molecule has 1 aromatic heterocycles. The number of anilines is 3. The van der Waals surface area contributed by atoms with E-state index in [1.807, 2.05) is 25.1 Å². The van der Waals surface area contributed by atoms with Crippen LogP contribution in [0, 0.1) is 6.92 Å². The number of hydrogen-bond acceptors (Lipinski definition) is 6. The Labute approximate surface area is 159 Å². The molecule has 27 heavy (non-hydrogen) atoms. The average Bonchev–Trinajstić information content (AvgIpc) is 3.20. The molecule has 1 aliphatic rings. The minimum Gasteiger partial charge on any atom is -0.497 e. The van der Waals surface area contributed by atoms with Gasteiger partial charge in [-0.2, -0.15) is 4.98 Å². The fourth-order valence-corrected chi connectivity index (χ4v) is 2.97. The molecular weight excluding hydrogens is 344 g/mol. The number of urea groups is 1. The largest absolute Gasteiger partial charge is 0.497 e. The molecule has 1 saturated heterocycles. The van der Waals surface area contributed by atoms with Crippen LogP contribution in [0.15, 0.2) is 30.3 Å². The summed E-state index contributed by atoms with van der Waals surface area (Å²) in [6.45, 7) is 5.04. The Hall–Kier alpha value is -3.03. The number of nitrogens with one attached hydrogen (secondary N) is 3. The van der Waals surface area contributed by atoms with E-state index in [-0.39, 0.29) is 6.03 Å². The minimum absolute atomic E-state index is 0.270. The molecule has 2 heterocycles. The first-order chi connectivity index (χ1) is 13.1. The van der Waals surface area contributed by atoms with Crippen LogP contribution in [0.2, 0.25) is 0 Å². The summed E-state index contributed by atoms with van der Waals surface area (Å²) in [5.41, 5.74) is 1.61. The van der Waals surface area contributed by atoms with Gasteiger partial charge in [-0.1, -0.05) is 6.07 Å². The second kappa shape index (κ2) is 9.07. The van der Waals surface area contributed by atoms with Crippen molar-refractivity contribution < 1.29 is 9.53 Å². The number of ether oxygens (including phenoxy) is 1. The van der Waals surface area contributed by atoms with Gasteiger partial charge in [-0.15, -0.1) is 0 Å². The maximum absolute atomic E-state index is 12.0. The Morgan fingerprint density at radius 3 is 2.78 bits per heavy atom. The summed E-state index contributed by atoms with van der Waals surface area (Å²) in [6.07, 6.45) is 2.41. The van der Waals surface area contributed by atoms with Crippen molar-refractivity contribution in [2.75, 3.05) is 48.8 Å². The Morgan fingerprint density at radius 2 is 2.00 bits per heavy atom. The summed E-state index contributed by atoms with van der Waals surface area (Å²) in [7, 11) is 1.59. The van der Waals surface area contributed by atoms with E-state index in [1.54, 1.807) is 19.2 Å². The van der Waals surface area contributed by atoms with Gasteiger partial charge in [-0.25, -0.2) is 9.78 Å². The van der Waals surface area contributed by atoms with Gasteiger partial charge in [-0.3, -0.25) is 0 Å². The second-order valence-corrected chi connectivity index (χ2v) is 6.42. The lowest BCUT2D eigenvalue weighted by Gasteiger charge is -2.17. The molecule has 0 radical (unpaired) electrons. The van der Waals surface area contributed by atoms with Crippen molar-refractivity contribution in [3.63, 3.8) is 0 Å². The summed E-state index contributed by atoms with van der Waals surface area (Å²) in [6, 6.07) is 8.96. The van der Waals surface area contributed by atoms with E-state index >= 15 is 0 Å². The van der Waals surface area contributed by atoms with Crippen LogP contribution < -0.4 is 25.6 Å². The Balaban J connectivity index is 1.45. The van der Waals surface area contributed by atoms with Gasteiger partial charge in [0.05, 0.1) is 7.11 Å². The number of aryl methyl sites for hydroxylation is 1. The van der Waals surface area contributed by atoms with Crippen LogP contribution >= 0.6 is 0 Å². The standard InChI is InChI=1S/C19H26N6O2/c1-14-12-17(25-10-3-4-11-25)24-18(22-14)20-8-9-21-19(26)23-15-6-5-7-16(13-15)27-2/h5-7,12-13H,3-4,8-11H2,1-2H3,(H,20,22,24)(H2,21,23,26). The Bertz CT molecular complexity index is 777. The zero-order valence-electron chi connectivity index (χ0n) is 15.8. The van der Waals surface area contributed by atoms with E-state index in [0.717, 1.165) is 24.6 Å². The molecule has 1 fully saturated rings. The van der Waals surface area contributed by atoms with Crippen LogP contribution in [-0.4, -0.2) is 49.3 Å². The lowest BCUT2D eigenvalue weighted by Crippen LogP contribution is -2.32. The fraction of sp³-hybridized carbons (Fsp3) is 0.421. The predicted octanol–water partition coefficient (Wildman–Crippen LogP) is 2.63. The smallest absolute Gasteiger partial charge is 0.319 e. The number of rotatable bonds is 7. The molecular formula is C19H26N6O2. The average molecular weight is 370 g/mol. The van der Waals surface area contributed by atoms with Gasteiger partial charge < -0.3 is 25.6 Å². The molecule has 2 aromatic rings. The van der Waals surface area contributed by atoms with Crippen LogP contribution in [0.5, 0.6) is 5.75 Å². The zero-order chi connectivity index (χ0) is 19.1. The van der Waals surface area contributed by atoms with Crippen molar-refractivity contribution in [1.29, 1.82) is 0 Å². The van der Waals surface area contributed by atoms with Gasteiger partial charge in [0.2, 0.25) is 5.95 Å². The van der Waals surface area contributed by atoms with Crippen LogP contribution in [0.25, 0.3) is 0 Å². The van der Waals surface area contributed by atoms with Gasteiger partial charge in [-0.05, 0) is 31.9 Å². The van der Waals surface area contributed by atoms with Gasteiger partial charge in [0.25, 0.3) is 0 Å². The maximum atomic E-state index is 12.0. The highest BCUT2D eigenvalue weighted by molar-refractivity contribution is 5.89. The summed E-state index contributed by atoms with van der Waals surface area (Å²) in [5.74, 6) is 2.25. The van der Waals surface area contributed by atoms with E-state index in [1.165, 1.54) is 12.8 Å². The second-order valence-electron chi connectivity index (χ2n) is 6.42. The topological polar surface area (TPSA) is 91.4 Å². The van der Waals surface area contributed by atoms with Crippen LogP contribution in [0.1, 0.15) is 18.5 Å². The molecule has 1 aromatic carbocycles. The Morgan fingerprint density at radius 1 is 1.19 bits per heavy atom. The first-order valence-electron chi connectivity index (χ1n) is 9.17. The molecule has 0 spiro atoms. The molecule has 0 bridgehead atoms. The van der Waals surface area contributed by atoms with E-state index in [4.69, 9.17) is 4.74 Å². The number of nitrogens with zero attached hydrogens (tertiary/aromatic N) is 3. The van der Waals surface area contributed by atoms with Crippen LogP contribution in [-0.2, 0) is 0 Å². The number of methoxy groups -OCH3 is 1. The van der Waals surface area contributed by atoms with E-state index in [0.29, 0.717) is 30.5 Å². The molecule has 0 aliphatic carbocycles. The number of aromatic nitrogens is 2. The van der Waals surface area contributed by atoms with Crippen LogP contribution in [0.4, 0.5) is 22.2 Å². The van der Waals surface area contributed by atoms with Crippen molar-refractivity contribution in [3.05, 3.63) is 36.0 Å². The molecule has 8 nitrogen and oxygen atoms in total. The van der Waals surface area contributed by atoms with E-state index in [9.17, 15) is 4.79 Å². The summed E-state index contributed by atoms with van der Waals surface area (Å²) >= 11 is 0. The predicted molar refractivity (Wildman–Crippen MR) is 107 cm³/mol. The molecule has 3 N–H and O–H groups in total. The first kappa shape index (κ1) is 18.8.